The number of hydrogen-bond donors (Lipinski definition) is 1. The van der Waals surface area contributed by atoms with Gasteiger partial charge in [-0.15, -0.1) is 0 Å². The molecule has 18 heavy (non-hydrogen) atoms. The van der Waals surface area contributed by atoms with E-state index in [9.17, 15) is 5.11 Å². The van der Waals surface area contributed by atoms with Crippen LogP contribution in [0.3, 0.4) is 0 Å². The summed E-state index contributed by atoms with van der Waals surface area (Å²) >= 11 is 0. The van der Waals surface area contributed by atoms with Crippen LogP contribution in [0.15, 0.2) is 23.1 Å². The second-order valence-corrected chi connectivity index (χ2v) is 4.90. The van der Waals surface area contributed by atoms with Crippen molar-refractivity contribution in [2.75, 3.05) is 0 Å². The van der Waals surface area contributed by atoms with Gasteiger partial charge in [-0.3, -0.25) is 0 Å². The summed E-state index contributed by atoms with van der Waals surface area (Å²) in [7, 11) is 0. The van der Waals surface area contributed by atoms with E-state index in [-0.39, 0.29) is 0 Å². The Morgan fingerprint density at radius 1 is 1.44 bits per heavy atom. The van der Waals surface area contributed by atoms with Crippen molar-refractivity contribution in [3.63, 3.8) is 0 Å². The highest BCUT2D eigenvalue weighted by atomic mass is 16.3. The average Bonchev–Trinajstić information content (AvgIpc) is 2.88. The number of nitrogens with zero attached hydrogens (tertiary/aromatic N) is 3. The van der Waals surface area contributed by atoms with Crippen LogP contribution in [0, 0.1) is 12.8 Å². The first kappa shape index (κ1) is 12.8. The molecule has 5 nitrogen and oxygen atoms in total. The van der Waals surface area contributed by atoms with Crippen LogP contribution in [0.2, 0.25) is 0 Å². The molecule has 2 aromatic rings. The molecule has 0 aromatic carbocycles. The van der Waals surface area contributed by atoms with E-state index in [0.29, 0.717) is 12.3 Å². The first-order valence-corrected chi connectivity index (χ1v) is 6.16. The zero-order valence-corrected chi connectivity index (χ0v) is 11.0. The molecule has 0 amide bonds. The Hall–Kier alpha value is -1.62. The zero-order chi connectivity index (χ0) is 13.1. The fourth-order valence-electron chi connectivity index (χ4n) is 1.97. The number of hydrogen-bond acceptors (Lipinski definition) is 4. The van der Waals surface area contributed by atoms with Gasteiger partial charge in [0.15, 0.2) is 0 Å². The average molecular weight is 249 g/mol. The van der Waals surface area contributed by atoms with E-state index in [1.165, 1.54) is 6.33 Å². The maximum atomic E-state index is 10.2. The quantitative estimate of drug-likeness (QED) is 0.881. The summed E-state index contributed by atoms with van der Waals surface area (Å²) in [6.07, 6.45) is 2.98. The lowest BCUT2D eigenvalue weighted by Gasteiger charge is -2.12. The Morgan fingerprint density at radius 2 is 2.22 bits per heavy atom. The van der Waals surface area contributed by atoms with E-state index in [2.05, 4.69) is 23.9 Å². The number of aliphatic hydroxyl groups excluding tert-OH is 1. The van der Waals surface area contributed by atoms with Crippen molar-refractivity contribution in [1.82, 2.24) is 14.8 Å². The highest BCUT2D eigenvalue weighted by Gasteiger charge is 2.17. The predicted molar refractivity (Wildman–Crippen MR) is 67.0 cm³/mol. The zero-order valence-electron chi connectivity index (χ0n) is 11.0. The Labute approximate surface area is 106 Å². The number of aryl methyl sites for hydroxylation is 1. The second-order valence-electron chi connectivity index (χ2n) is 4.90. The summed E-state index contributed by atoms with van der Waals surface area (Å²) < 4.78 is 7.05. The van der Waals surface area contributed by atoms with Gasteiger partial charge in [-0.25, -0.2) is 9.67 Å². The van der Waals surface area contributed by atoms with E-state index in [0.717, 1.165) is 23.7 Å². The standard InChI is InChI=1S/C13H19N3O2/c1-9(2)7-16-13(14-8-15-16)6-12(17)11-4-5-18-10(11)3/h4-5,8-9,12,17H,6-7H2,1-3H3. The van der Waals surface area contributed by atoms with E-state index in [1.54, 1.807) is 12.3 Å². The molecule has 1 unspecified atom stereocenters. The van der Waals surface area contributed by atoms with Crippen LogP contribution >= 0.6 is 0 Å². The van der Waals surface area contributed by atoms with Crippen molar-refractivity contribution in [2.45, 2.75) is 39.8 Å². The van der Waals surface area contributed by atoms with Gasteiger partial charge in [0.1, 0.15) is 17.9 Å². The van der Waals surface area contributed by atoms with Crippen molar-refractivity contribution in [3.05, 3.63) is 35.8 Å². The van der Waals surface area contributed by atoms with Gasteiger partial charge in [0, 0.05) is 18.5 Å². The van der Waals surface area contributed by atoms with Crippen LogP contribution in [0.4, 0.5) is 0 Å². The third-order valence-corrected chi connectivity index (χ3v) is 2.87. The van der Waals surface area contributed by atoms with E-state index in [1.807, 2.05) is 11.6 Å². The molecule has 2 heterocycles. The molecule has 0 aliphatic rings. The molecule has 0 fully saturated rings. The summed E-state index contributed by atoms with van der Waals surface area (Å²) in [6.45, 7) is 6.91. The Balaban J connectivity index is 2.10. The second kappa shape index (κ2) is 5.35. The largest absolute Gasteiger partial charge is 0.469 e. The normalized spacial score (nSPS) is 13.2. The van der Waals surface area contributed by atoms with Gasteiger partial charge in [0.2, 0.25) is 0 Å². The van der Waals surface area contributed by atoms with Crippen LogP contribution in [0.1, 0.15) is 37.1 Å². The van der Waals surface area contributed by atoms with Gasteiger partial charge >= 0.3 is 0 Å². The molecule has 1 N–H and O–H groups in total. The highest BCUT2D eigenvalue weighted by Crippen LogP contribution is 2.21. The Kier molecular flexibility index (Phi) is 3.81. The van der Waals surface area contributed by atoms with Crippen molar-refractivity contribution in [2.24, 2.45) is 5.92 Å². The van der Waals surface area contributed by atoms with Gasteiger partial charge in [-0.1, -0.05) is 13.8 Å². The fourth-order valence-corrected chi connectivity index (χ4v) is 1.97. The molecule has 0 aliphatic carbocycles. The Bertz CT molecular complexity index is 502. The molecule has 2 aromatic heterocycles. The van der Waals surface area contributed by atoms with Crippen molar-refractivity contribution >= 4 is 0 Å². The molecule has 0 spiro atoms. The summed E-state index contributed by atoms with van der Waals surface area (Å²) in [5.74, 6) is 2.05. The monoisotopic (exact) mass is 249 g/mol. The topological polar surface area (TPSA) is 64.1 Å². The lowest BCUT2D eigenvalue weighted by molar-refractivity contribution is 0.171. The SMILES string of the molecule is Cc1occc1C(O)Cc1ncnn1CC(C)C. The summed E-state index contributed by atoms with van der Waals surface area (Å²) in [5.41, 5.74) is 0.814. The number of aliphatic hydroxyl groups is 1. The Morgan fingerprint density at radius 3 is 2.83 bits per heavy atom. The molecule has 1 atom stereocenters. The van der Waals surface area contributed by atoms with Crippen molar-refractivity contribution < 1.29 is 9.52 Å². The van der Waals surface area contributed by atoms with Gasteiger partial charge in [-0.2, -0.15) is 5.10 Å². The lowest BCUT2D eigenvalue weighted by atomic mass is 10.1. The smallest absolute Gasteiger partial charge is 0.138 e. The number of furan rings is 1. The van der Waals surface area contributed by atoms with Crippen LogP contribution in [0.25, 0.3) is 0 Å². The minimum atomic E-state index is -0.598. The number of aromatic nitrogens is 3. The van der Waals surface area contributed by atoms with Gasteiger partial charge in [-0.05, 0) is 18.9 Å². The third-order valence-electron chi connectivity index (χ3n) is 2.87. The first-order chi connectivity index (χ1) is 8.58. The molecule has 98 valence electrons. The molecule has 0 saturated heterocycles. The van der Waals surface area contributed by atoms with E-state index < -0.39 is 6.10 Å². The summed E-state index contributed by atoms with van der Waals surface area (Å²) in [4.78, 5) is 4.21. The molecular formula is C13H19N3O2. The van der Waals surface area contributed by atoms with Crippen LogP contribution in [-0.2, 0) is 13.0 Å². The predicted octanol–water partition coefficient (Wildman–Crippen LogP) is 2.11. The van der Waals surface area contributed by atoms with E-state index in [4.69, 9.17) is 4.42 Å². The van der Waals surface area contributed by atoms with Crippen molar-refractivity contribution in [3.8, 4) is 0 Å². The molecule has 0 aliphatic heterocycles. The minimum absolute atomic E-state index is 0.451. The van der Waals surface area contributed by atoms with Crippen LogP contribution in [-0.4, -0.2) is 19.9 Å². The molecule has 5 heteroatoms. The van der Waals surface area contributed by atoms with Gasteiger partial charge in [0.25, 0.3) is 0 Å². The van der Waals surface area contributed by atoms with E-state index >= 15 is 0 Å². The van der Waals surface area contributed by atoms with Gasteiger partial charge < -0.3 is 9.52 Å². The van der Waals surface area contributed by atoms with Crippen LogP contribution < -0.4 is 0 Å². The first-order valence-electron chi connectivity index (χ1n) is 6.16. The summed E-state index contributed by atoms with van der Waals surface area (Å²) in [6, 6.07) is 1.79. The lowest BCUT2D eigenvalue weighted by Crippen LogP contribution is -2.13. The molecule has 0 bridgehead atoms. The molecule has 0 saturated carbocycles. The molecule has 2 rings (SSSR count). The van der Waals surface area contributed by atoms with Crippen LogP contribution in [0.5, 0.6) is 0 Å². The minimum Gasteiger partial charge on any atom is -0.469 e. The van der Waals surface area contributed by atoms with Crippen molar-refractivity contribution in [1.29, 1.82) is 0 Å². The number of rotatable bonds is 5. The molecular weight excluding hydrogens is 230 g/mol. The highest BCUT2D eigenvalue weighted by molar-refractivity contribution is 5.19. The third kappa shape index (κ3) is 2.79. The fraction of sp³-hybridized carbons (Fsp3) is 0.538. The molecule has 0 radical (unpaired) electrons. The van der Waals surface area contributed by atoms with Gasteiger partial charge in [0.05, 0.1) is 12.4 Å². The maximum Gasteiger partial charge on any atom is 0.138 e. The maximum absolute atomic E-state index is 10.2. The summed E-state index contributed by atoms with van der Waals surface area (Å²) in [5, 5.41) is 14.4.